The van der Waals surface area contributed by atoms with Crippen molar-refractivity contribution in [1.29, 1.82) is 0 Å². The monoisotopic (exact) mass is 255 g/mol. The summed E-state index contributed by atoms with van der Waals surface area (Å²) in [5.74, 6) is 0.745. The summed E-state index contributed by atoms with van der Waals surface area (Å²) < 4.78 is 5.85. The predicted molar refractivity (Wildman–Crippen MR) is 70.7 cm³/mol. The van der Waals surface area contributed by atoms with Gasteiger partial charge in [0, 0.05) is 16.9 Å². The molecule has 0 fully saturated rings. The van der Waals surface area contributed by atoms with Crippen LogP contribution < -0.4 is 4.74 Å². The van der Waals surface area contributed by atoms with Crippen LogP contribution in [0.2, 0.25) is 0 Å². The van der Waals surface area contributed by atoms with Crippen LogP contribution in [0.4, 0.5) is 0 Å². The van der Waals surface area contributed by atoms with Gasteiger partial charge in [-0.25, -0.2) is 0 Å². The van der Waals surface area contributed by atoms with Crippen molar-refractivity contribution in [1.82, 2.24) is 0 Å². The third-order valence-electron chi connectivity index (χ3n) is 3.40. The summed E-state index contributed by atoms with van der Waals surface area (Å²) in [4.78, 5) is 11.0. The van der Waals surface area contributed by atoms with Gasteiger partial charge in [0.25, 0.3) is 6.04 Å². The second kappa shape index (κ2) is 4.72. The lowest BCUT2D eigenvalue weighted by Crippen LogP contribution is -2.36. The summed E-state index contributed by atoms with van der Waals surface area (Å²) >= 11 is 0. The zero-order valence-corrected chi connectivity index (χ0v) is 10.2. The summed E-state index contributed by atoms with van der Waals surface area (Å²) in [6.45, 7) is 0. The molecule has 1 aliphatic rings. The molecule has 96 valence electrons. The van der Waals surface area contributed by atoms with Gasteiger partial charge >= 0.3 is 0 Å². The fourth-order valence-electron chi connectivity index (χ4n) is 2.45. The van der Waals surface area contributed by atoms with E-state index in [9.17, 15) is 10.1 Å². The highest BCUT2D eigenvalue weighted by molar-refractivity contribution is 5.37. The van der Waals surface area contributed by atoms with E-state index in [2.05, 4.69) is 0 Å². The second-order valence-electron chi connectivity index (χ2n) is 4.61. The molecule has 0 N–H and O–H groups in total. The van der Waals surface area contributed by atoms with E-state index in [0.717, 1.165) is 16.9 Å². The number of hydrogen-bond acceptors (Lipinski definition) is 3. The van der Waals surface area contributed by atoms with E-state index in [1.54, 1.807) is 0 Å². The van der Waals surface area contributed by atoms with Gasteiger partial charge in [0.05, 0.1) is 0 Å². The minimum Gasteiger partial charge on any atom is -0.478 e. The maximum Gasteiger partial charge on any atom is 0.257 e. The molecule has 2 atom stereocenters. The molecule has 0 aromatic heterocycles. The van der Waals surface area contributed by atoms with Crippen LogP contribution in [0, 0.1) is 10.1 Å². The molecular weight excluding hydrogens is 242 g/mol. The van der Waals surface area contributed by atoms with Crippen LogP contribution in [0.5, 0.6) is 5.75 Å². The van der Waals surface area contributed by atoms with Gasteiger partial charge in [-0.2, -0.15) is 0 Å². The lowest BCUT2D eigenvalue weighted by molar-refractivity contribution is -0.535. The van der Waals surface area contributed by atoms with Crippen molar-refractivity contribution in [3.8, 4) is 5.75 Å². The van der Waals surface area contributed by atoms with Gasteiger partial charge in [-0.3, -0.25) is 10.1 Å². The van der Waals surface area contributed by atoms with Crippen LogP contribution in [-0.4, -0.2) is 11.0 Å². The van der Waals surface area contributed by atoms with Crippen molar-refractivity contribution >= 4 is 0 Å². The highest BCUT2D eigenvalue weighted by Crippen LogP contribution is 2.35. The van der Waals surface area contributed by atoms with E-state index in [1.165, 1.54) is 0 Å². The second-order valence-corrected chi connectivity index (χ2v) is 4.61. The fourth-order valence-corrected chi connectivity index (χ4v) is 2.45. The Morgan fingerprint density at radius 3 is 2.47 bits per heavy atom. The highest BCUT2D eigenvalue weighted by atomic mass is 16.6. The smallest absolute Gasteiger partial charge is 0.257 e. The third-order valence-corrected chi connectivity index (χ3v) is 3.40. The Kier molecular flexibility index (Phi) is 2.91. The molecule has 0 spiro atoms. The number of rotatable bonds is 2. The van der Waals surface area contributed by atoms with E-state index in [4.69, 9.17) is 4.74 Å². The van der Waals surface area contributed by atoms with Gasteiger partial charge in [-0.1, -0.05) is 48.5 Å². The zero-order valence-electron chi connectivity index (χ0n) is 10.2. The first kappa shape index (κ1) is 11.7. The Bertz CT molecular complexity index is 597. The number of fused-ring (bicyclic) bond motifs is 1. The Morgan fingerprint density at radius 1 is 1.05 bits per heavy atom. The van der Waals surface area contributed by atoms with Crippen LogP contribution >= 0.6 is 0 Å². The first-order valence-electron chi connectivity index (χ1n) is 6.19. The average molecular weight is 255 g/mol. The number of benzene rings is 2. The molecule has 0 saturated carbocycles. The fraction of sp³-hybridized carbons (Fsp3) is 0.200. The molecule has 0 amide bonds. The third kappa shape index (κ3) is 2.17. The highest BCUT2D eigenvalue weighted by Gasteiger charge is 2.39. The van der Waals surface area contributed by atoms with Crippen molar-refractivity contribution < 1.29 is 9.66 Å². The Labute approximate surface area is 110 Å². The van der Waals surface area contributed by atoms with Gasteiger partial charge in [0.2, 0.25) is 0 Å². The lowest BCUT2D eigenvalue weighted by Gasteiger charge is -2.28. The Hall–Kier alpha value is -2.36. The molecule has 0 bridgehead atoms. The van der Waals surface area contributed by atoms with Gasteiger partial charge in [-0.05, 0) is 11.6 Å². The number of nitro groups is 1. The van der Waals surface area contributed by atoms with E-state index in [0.29, 0.717) is 6.42 Å². The first-order chi connectivity index (χ1) is 9.25. The van der Waals surface area contributed by atoms with Crippen molar-refractivity contribution in [3.05, 3.63) is 75.8 Å². The summed E-state index contributed by atoms with van der Waals surface area (Å²) in [5, 5.41) is 11.3. The van der Waals surface area contributed by atoms with Crippen LogP contribution in [0.3, 0.4) is 0 Å². The standard InChI is InChI=1S/C15H13NO3/c17-16(18)13-10-12-8-4-5-9-14(12)19-15(13)11-6-2-1-3-7-11/h1-9,13,15H,10H2/t13-,15-/m0/s1. The van der Waals surface area contributed by atoms with Gasteiger partial charge < -0.3 is 4.74 Å². The maximum absolute atomic E-state index is 11.3. The van der Waals surface area contributed by atoms with Crippen molar-refractivity contribution in [2.75, 3.05) is 0 Å². The normalized spacial score (nSPS) is 21.3. The zero-order chi connectivity index (χ0) is 13.2. The van der Waals surface area contributed by atoms with E-state index >= 15 is 0 Å². The van der Waals surface area contributed by atoms with Crippen LogP contribution in [0.25, 0.3) is 0 Å². The molecule has 1 heterocycles. The number of para-hydroxylation sites is 1. The Balaban J connectivity index is 2.01. The number of nitrogens with zero attached hydrogens (tertiary/aromatic N) is 1. The van der Waals surface area contributed by atoms with Gasteiger partial charge in [0.1, 0.15) is 5.75 Å². The minimum absolute atomic E-state index is 0.242. The Morgan fingerprint density at radius 2 is 1.74 bits per heavy atom. The molecule has 2 aromatic rings. The van der Waals surface area contributed by atoms with E-state index in [1.807, 2.05) is 54.6 Å². The molecule has 4 nitrogen and oxygen atoms in total. The molecular formula is C15H13NO3. The number of ether oxygens (including phenoxy) is 1. The minimum atomic E-state index is -0.739. The summed E-state index contributed by atoms with van der Waals surface area (Å²) in [6, 6.07) is 16.1. The first-order valence-corrected chi connectivity index (χ1v) is 6.19. The summed E-state index contributed by atoms with van der Waals surface area (Å²) in [5.41, 5.74) is 1.75. The molecule has 0 aliphatic carbocycles. The van der Waals surface area contributed by atoms with E-state index in [-0.39, 0.29) is 4.92 Å². The molecule has 4 heteroatoms. The lowest BCUT2D eigenvalue weighted by atomic mass is 9.93. The van der Waals surface area contributed by atoms with Crippen molar-refractivity contribution in [2.45, 2.75) is 18.6 Å². The SMILES string of the molecule is O=[N+]([O-])[C@H]1Cc2ccccc2O[C@H]1c1ccccc1. The molecule has 0 saturated heterocycles. The van der Waals surface area contributed by atoms with Gasteiger partial charge in [0.15, 0.2) is 6.10 Å². The largest absolute Gasteiger partial charge is 0.478 e. The predicted octanol–water partition coefficient (Wildman–Crippen LogP) is 3.01. The van der Waals surface area contributed by atoms with Crippen LogP contribution in [0.15, 0.2) is 54.6 Å². The molecule has 3 rings (SSSR count). The molecule has 0 unspecified atom stereocenters. The summed E-state index contributed by atoms with van der Waals surface area (Å²) in [7, 11) is 0. The quantitative estimate of drug-likeness (QED) is 0.612. The molecule has 19 heavy (non-hydrogen) atoms. The number of hydrogen-bond donors (Lipinski definition) is 0. The van der Waals surface area contributed by atoms with Crippen molar-refractivity contribution in [2.24, 2.45) is 0 Å². The average Bonchev–Trinajstić information content (AvgIpc) is 2.46. The van der Waals surface area contributed by atoms with Crippen LogP contribution in [0.1, 0.15) is 17.2 Å². The molecule has 0 radical (unpaired) electrons. The maximum atomic E-state index is 11.3. The van der Waals surface area contributed by atoms with E-state index < -0.39 is 12.1 Å². The van der Waals surface area contributed by atoms with Crippen LogP contribution in [-0.2, 0) is 6.42 Å². The van der Waals surface area contributed by atoms with Gasteiger partial charge in [-0.15, -0.1) is 0 Å². The molecule has 1 aliphatic heterocycles. The van der Waals surface area contributed by atoms with Crippen molar-refractivity contribution in [3.63, 3.8) is 0 Å². The molecule has 2 aromatic carbocycles. The topological polar surface area (TPSA) is 52.4 Å². The summed E-state index contributed by atoms with van der Waals surface area (Å²) in [6.07, 6.45) is -0.117.